The summed E-state index contributed by atoms with van der Waals surface area (Å²) < 4.78 is 1.87. The molecule has 0 saturated heterocycles. The van der Waals surface area contributed by atoms with Crippen molar-refractivity contribution in [2.45, 2.75) is 39.7 Å². The van der Waals surface area contributed by atoms with E-state index in [0.29, 0.717) is 13.0 Å². The van der Waals surface area contributed by atoms with E-state index in [1.54, 1.807) is 6.20 Å². The van der Waals surface area contributed by atoms with Crippen LogP contribution in [-0.4, -0.2) is 46.8 Å². The normalized spacial score (nSPS) is 11.0. The zero-order chi connectivity index (χ0) is 14.8. The first-order chi connectivity index (χ1) is 9.69. The number of rotatable bonds is 10. The molecule has 20 heavy (non-hydrogen) atoms. The number of hydrogen-bond donors (Lipinski definition) is 2. The average molecular weight is 281 g/mol. The van der Waals surface area contributed by atoms with Crippen LogP contribution in [0.4, 0.5) is 5.69 Å². The number of anilines is 1. The second kappa shape index (κ2) is 9.50. The van der Waals surface area contributed by atoms with E-state index < -0.39 is 0 Å². The van der Waals surface area contributed by atoms with Crippen molar-refractivity contribution in [3.05, 3.63) is 12.4 Å². The number of nitrogens with zero attached hydrogens (tertiary/aromatic N) is 3. The van der Waals surface area contributed by atoms with Crippen molar-refractivity contribution in [3.63, 3.8) is 0 Å². The highest BCUT2D eigenvalue weighted by Gasteiger charge is 2.05. The van der Waals surface area contributed by atoms with Gasteiger partial charge in [0.05, 0.1) is 18.4 Å². The minimum atomic E-state index is 0.0294. The third-order valence-corrected chi connectivity index (χ3v) is 3.31. The van der Waals surface area contributed by atoms with Gasteiger partial charge in [-0.25, -0.2) is 0 Å². The van der Waals surface area contributed by atoms with Gasteiger partial charge < -0.3 is 16.0 Å². The maximum Gasteiger partial charge on any atom is 0.224 e. The smallest absolute Gasteiger partial charge is 0.224 e. The van der Waals surface area contributed by atoms with Gasteiger partial charge in [-0.15, -0.1) is 0 Å². The highest BCUT2D eigenvalue weighted by atomic mass is 16.1. The first kappa shape index (κ1) is 16.7. The lowest BCUT2D eigenvalue weighted by molar-refractivity contribution is -0.116. The number of nitrogens with one attached hydrogen (secondary N) is 1. The van der Waals surface area contributed by atoms with Gasteiger partial charge in [0.1, 0.15) is 0 Å². The lowest BCUT2D eigenvalue weighted by Crippen LogP contribution is -2.27. The molecule has 0 atom stereocenters. The van der Waals surface area contributed by atoms with E-state index in [2.05, 4.69) is 29.2 Å². The number of aromatic nitrogens is 2. The van der Waals surface area contributed by atoms with Crippen molar-refractivity contribution < 1.29 is 4.79 Å². The third kappa shape index (κ3) is 6.16. The van der Waals surface area contributed by atoms with Crippen LogP contribution in [0.25, 0.3) is 0 Å². The summed E-state index contributed by atoms with van der Waals surface area (Å²) in [4.78, 5) is 14.0. The summed E-state index contributed by atoms with van der Waals surface area (Å²) in [5.74, 6) is 0.0294. The molecule has 6 heteroatoms. The van der Waals surface area contributed by atoms with Crippen molar-refractivity contribution in [3.8, 4) is 0 Å². The Kier molecular flexibility index (Phi) is 7.91. The highest BCUT2D eigenvalue weighted by Crippen LogP contribution is 2.06. The van der Waals surface area contributed by atoms with Crippen LogP contribution in [0, 0.1) is 0 Å². The number of likely N-dealkylation sites (N-methyl/N-ethyl adjacent to an activating group) is 1. The van der Waals surface area contributed by atoms with Gasteiger partial charge in [-0.3, -0.25) is 9.48 Å². The summed E-state index contributed by atoms with van der Waals surface area (Å²) in [5.41, 5.74) is 6.17. The molecule has 114 valence electrons. The molecular weight excluding hydrogens is 254 g/mol. The Morgan fingerprint density at radius 2 is 2.15 bits per heavy atom. The molecule has 1 heterocycles. The van der Waals surface area contributed by atoms with Crippen LogP contribution in [0.1, 0.15) is 33.1 Å². The average Bonchev–Trinajstić information content (AvgIpc) is 2.88. The van der Waals surface area contributed by atoms with Crippen LogP contribution in [-0.2, 0) is 11.3 Å². The van der Waals surface area contributed by atoms with Crippen LogP contribution in [0.5, 0.6) is 0 Å². The van der Waals surface area contributed by atoms with E-state index in [-0.39, 0.29) is 5.91 Å². The summed E-state index contributed by atoms with van der Waals surface area (Å²) >= 11 is 0. The number of carbonyl (C=O) groups excluding carboxylic acids is 1. The van der Waals surface area contributed by atoms with Gasteiger partial charge in [0, 0.05) is 19.2 Å². The molecule has 6 nitrogen and oxygen atoms in total. The van der Waals surface area contributed by atoms with Crippen molar-refractivity contribution >= 4 is 11.6 Å². The van der Waals surface area contributed by atoms with Gasteiger partial charge in [-0.1, -0.05) is 13.8 Å². The second-order valence-electron chi connectivity index (χ2n) is 4.81. The molecule has 0 fully saturated rings. The van der Waals surface area contributed by atoms with Crippen molar-refractivity contribution in [2.75, 3.05) is 31.5 Å². The predicted octanol–water partition coefficient (Wildman–Crippen LogP) is 1.29. The molecule has 1 amide bonds. The summed E-state index contributed by atoms with van der Waals surface area (Å²) in [6.45, 7) is 8.84. The maximum absolute atomic E-state index is 11.7. The quantitative estimate of drug-likeness (QED) is 0.634. The summed E-state index contributed by atoms with van der Waals surface area (Å²) in [6, 6.07) is 0. The number of hydrogen-bond acceptors (Lipinski definition) is 4. The Labute approximate surface area is 121 Å². The molecule has 0 aliphatic carbocycles. The lowest BCUT2D eigenvalue weighted by Gasteiger charge is -2.17. The Bertz CT molecular complexity index is 387. The number of nitrogens with two attached hydrogens (primary N) is 1. The lowest BCUT2D eigenvalue weighted by atomic mass is 10.2. The molecule has 0 aliphatic rings. The van der Waals surface area contributed by atoms with E-state index in [1.165, 1.54) is 0 Å². The molecule has 0 bridgehead atoms. The number of unbranched alkanes of at least 4 members (excludes halogenated alkanes) is 1. The third-order valence-electron chi connectivity index (χ3n) is 3.31. The van der Waals surface area contributed by atoms with E-state index in [0.717, 1.165) is 44.7 Å². The van der Waals surface area contributed by atoms with Crippen LogP contribution < -0.4 is 11.1 Å². The molecular formula is C14H27N5O. The fourth-order valence-electron chi connectivity index (χ4n) is 1.99. The highest BCUT2D eigenvalue weighted by molar-refractivity contribution is 5.90. The SMILES string of the molecule is CCN(CC)CCn1cc(NC(=O)CCCCN)cn1. The largest absolute Gasteiger partial charge is 0.330 e. The molecule has 3 N–H and O–H groups in total. The summed E-state index contributed by atoms with van der Waals surface area (Å²) in [5, 5.41) is 7.12. The molecule has 0 spiro atoms. The topological polar surface area (TPSA) is 76.2 Å². The zero-order valence-corrected chi connectivity index (χ0v) is 12.6. The Hall–Kier alpha value is -1.40. The van der Waals surface area contributed by atoms with Crippen LogP contribution in [0.3, 0.4) is 0 Å². The number of carbonyl (C=O) groups is 1. The number of amides is 1. The summed E-state index contributed by atoms with van der Waals surface area (Å²) in [6.07, 6.45) is 5.81. The monoisotopic (exact) mass is 281 g/mol. The molecule has 1 aromatic rings. The van der Waals surface area contributed by atoms with Crippen LogP contribution in [0.2, 0.25) is 0 Å². The maximum atomic E-state index is 11.7. The standard InChI is InChI=1S/C14H27N5O/c1-3-18(4-2)9-10-19-12-13(11-16-19)17-14(20)7-5-6-8-15/h11-12H,3-10,15H2,1-2H3,(H,17,20). The zero-order valence-electron chi connectivity index (χ0n) is 12.6. The van der Waals surface area contributed by atoms with Gasteiger partial charge in [0.2, 0.25) is 5.91 Å². The summed E-state index contributed by atoms with van der Waals surface area (Å²) in [7, 11) is 0. The molecule has 0 saturated carbocycles. The molecule has 0 unspecified atom stereocenters. The van der Waals surface area contributed by atoms with Crippen molar-refractivity contribution in [1.82, 2.24) is 14.7 Å². The minimum Gasteiger partial charge on any atom is -0.330 e. The van der Waals surface area contributed by atoms with Crippen molar-refractivity contribution in [2.24, 2.45) is 5.73 Å². The Morgan fingerprint density at radius 3 is 2.80 bits per heavy atom. The fraction of sp³-hybridized carbons (Fsp3) is 0.714. The Morgan fingerprint density at radius 1 is 1.40 bits per heavy atom. The minimum absolute atomic E-state index is 0.0294. The van der Waals surface area contributed by atoms with E-state index >= 15 is 0 Å². The van der Waals surface area contributed by atoms with Gasteiger partial charge in [-0.05, 0) is 32.5 Å². The van der Waals surface area contributed by atoms with Gasteiger partial charge >= 0.3 is 0 Å². The first-order valence-corrected chi connectivity index (χ1v) is 7.44. The fourth-order valence-corrected chi connectivity index (χ4v) is 1.99. The van der Waals surface area contributed by atoms with Crippen LogP contribution in [0.15, 0.2) is 12.4 Å². The molecule has 1 aromatic heterocycles. The van der Waals surface area contributed by atoms with E-state index in [9.17, 15) is 4.79 Å². The molecule has 0 radical (unpaired) electrons. The molecule has 0 aliphatic heterocycles. The van der Waals surface area contributed by atoms with Gasteiger partial charge in [-0.2, -0.15) is 5.10 Å². The van der Waals surface area contributed by atoms with Crippen LogP contribution >= 0.6 is 0 Å². The Balaban J connectivity index is 2.33. The predicted molar refractivity (Wildman–Crippen MR) is 81.6 cm³/mol. The van der Waals surface area contributed by atoms with Gasteiger partial charge in [0.25, 0.3) is 0 Å². The second-order valence-corrected chi connectivity index (χ2v) is 4.81. The van der Waals surface area contributed by atoms with Gasteiger partial charge in [0.15, 0.2) is 0 Å². The van der Waals surface area contributed by atoms with E-state index in [1.807, 2.05) is 10.9 Å². The van der Waals surface area contributed by atoms with E-state index in [4.69, 9.17) is 5.73 Å². The molecule has 1 rings (SSSR count). The first-order valence-electron chi connectivity index (χ1n) is 7.44. The molecule has 0 aromatic carbocycles. The van der Waals surface area contributed by atoms with Crippen molar-refractivity contribution in [1.29, 1.82) is 0 Å².